The SMILES string of the molecule is Cc1cc(C)cc(NC(=O)c2ccc(NS(=O)(=O)c3cccs3)cc2)c1. The number of carbonyl (C=O) groups excluding carboxylic acids is 1. The molecule has 0 aliphatic carbocycles. The highest BCUT2D eigenvalue weighted by atomic mass is 32.2. The lowest BCUT2D eigenvalue weighted by Gasteiger charge is -2.09. The van der Waals surface area contributed by atoms with Crippen LogP contribution < -0.4 is 10.0 Å². The fraction of sp³-hybridized carbons (Fsp3) is 0.105. The van der Waals surface area contributed by atoms with E-state index in [0.29, 0.717) is 11.3 Å². The number of sulfonamides is 1. The third kappa shape index (κ3) is 4.30. The van der Waals surface area contributed by atoms with Gasteiger partial charge in [-0.1, -0.05) is 12.1 Å². The molecule has 26 heavy (non-hydrogen) atoms. The first kappa shape index (κ1) is 18.2. The summed E-state index contributed by atoms with van der Waals surface area (Å²) in [7, 11) is -3.59. The van der Waals surface area contributed by atoms with Crippen molar-refractivity contribution in [3.63, 3.8) is 0 Å². The van der Waals surface area contributed by atoms with Crippen molar-refractivity contribution < 1.29 is 13.2 Å². The van der Waals surface area contributed by atoms with E-state index >= 15 is 0 Å². The minimum atomic E-state index is -3.59. The first-order valence-corrected chi connectivity index (χ1v) is 10.3. The van der Waals surface area contributed by atoms with E-state index in [1.165, 1.54) is 0 Å². The molecule has 2 N–H and O–H groups in total. The van der Waals surface area contributed by atoms with E-state index in [9.17, 15) is 13.2 Å². The molecule has 3 aromatic rings. The summed E-state index contributed by atoms with van der Waals surface area (Å²) in [5.74, 6) is -0.248. The zero-order valence-electron chi connectivity index (χ0n) is 14.3. The fourth-order valence-corrected chi connectivity index (χ4v) is 4.61. The summed E-state index contributed by atoms with van der Waals surface area (Å²) in [5.41, 5.74) is 3.72. The molecule has 2 aromatic carbocycles. The zero-order chi connectivity index (χ0) is 18.7. The number of benzene rings is 2. The minimum Gasteiger partial charge on any atom is -0.322 e. The summed E-state index contributed by atoms with van der Waals surface area (Å²) >= 11 is 1.15. The van der Waals surface area contributed by atoms with Crippen LogP contribution in [0.1, 0.15) is 21.5 Å². The van der Waals surface area contributed by atoms with Crippen LogP contribution in [0.2, 0.25) is 0 Å². The van der Waals surface area contributed by atoms with Gasteiger partial charge in [-0.3, -0.25) is 9.52 Å². The van der Waals surface area contributed by atoms with Crippen molar-refractivity contribution in [2.45, 2.75) is 18.1 Å². The Morgan fingerprint density at radius 1 is 0.923 bits per heavy atom. The minimum absolute atomic E-state index is 0.245. The molecule has 134 valence electrons. The number of nitrogens with one attached hydrogen (secondary N) is 2. The molecular weight excluding hydrogens is 368 g/mol. The molecule has 1 heterocycles. The summed E-state index contributed by atoms with van der Waals surface area (Å²) in [6.45, 7) is 3.94. The zero-order valence-corrected chi connectivity index (χ0v) is 15.9. The third-order valence-corrected chi connectivity index (χ3v) is 6.42. The van der Waals surface area contributed by atoms with Gasteiger partial charge in [-0.05, 0) is 72.8 Å². The van der Waals surface area contributed by atoms with Gasteiger partial charge in [0.05, 0.1) is 0 Å². The molecule has 0 saturated heterocycles. The van der Waals surface area contributed by atoms with E-state index in [2.05, 4.69) is 10.0 Å². The second-order valence-electron chi connectivity index (χ2n) is 5.95. The second-order valence-corrected chi connectivity index (χ2v) is 8.80. The quantitative estimate of drug-likeness (QED) is 0.682. The lowest BCUT2D eigenvalue weighted by molar-refractivity contribution is 0.102. The fourth-order valence-electron chi connectivity index (χ4n) is 2.56. The molecule has 0 spiro atoms. The first-order chi connectivity index (χ1) is 12.3. The Bertz CT molecular complexity index is 1000. The Labute approximate surface area is 156 Å². The predicted molar refractivity (Wildman–Crippen MR) is 105 cm³/mol. The van der Waals surface area contributed by atoms with E-state index in [0.717, 1.165) is 28.2 Å². The summed E-state index contributed by atoms with van der Waals surface area (Å²) in [6, 6.07) is 15.4. The molecule has 0 fully saturated rings. The highest BCUT2D eigenvalue weighted by Crippen LogP contribution is 2.21. The summed E-state index contributed by atoms with van der Waals surface area (Å²) in [6.07, 6.45) is 0. The summed E-state index contributed by atoms with van der Waals surface area (Å²) in [5, 5.41) is 4.56. The molecule has 0 radical (unpaired) electrons. The van der Waals surface area contributed by atoms with Crippen LogP contribution in [0.25, 0.3) is 0 Å². The number of amides is 1. The molecule has 0 atom stereocenters. The monoisotopic (exact) mass is 386 g/mol. The number of rotatable bonds is 5. The third-order valence-electron chi connectivity index (χ3n) is 3.64. The van der Waals surface area contributed by atoms with Crippen molar-refractivity contribution in [3.05, 3.63) is 76.7 Å². The van der Waals surface area contributed by atoms with Crippen molar-refractivity contribution in [2.24, 2.45) is 0 Å². The van der Waals surface area contributed by atoms with Crippen LogP contribution in [0, 0.1) is 13.8 Å². The lowest BCUT2D eigenvalue weighted by atomic mass is 10.1. The number of hydrogen-bond donors (Lipinski definition) is 2. The van der Waals surface area contributed by atoms with Gasteiger partial charge in [0.2, 0.25) is 0 Å². The van der Waals surface area contributed by atoms with E-state index in [1.807, 2.05) is 32.0 Å². The van der Waals surface area contributed by atoms with Crippen LogP contribution >= 0.6 is 11.3 Å². The molecule has 1 aromatic heterocycles. The van der Waals surface area contributed by atoms with Crippen LogP contribution in [-0.4, -0.2) is 14.3 Å². The molecule has 0 aliphatic heterocycles. The van der Waals surface area contributed by atoms with E-state index in [1.54, 1.807) is 41.8 Å². The molecule has 3 rings (SSSR count). The second kappa shape index (κ2) is 7.31. The Morgan fingerprint density at radius 2 is 1.58 bits per heavy atom. The molecule has 0 aliphatic rings. The van der Waals surface area contributed by atoms with Gasteiger partial charge in [-0.15, -0.1) is 11.3 Å². The van der Waals surface area contributed by atoms with Gasteiger partial charge in [0.15, 0.2) is 0 Å². The Morgan fingerprint density at radius 3 is 2.15 bits per heavy atom. The maximum atomic E-state index is 12.4. The molecule has 0 bridgehead atoms. The standard InChI is InChI=1S/C19H18N2O3S2/c1-13-10-14(2)12-17(11-13)20-19(22)15-5-7-16(8-6-15)21-26(23,24)18-4-3-9-25-18/h3-12,21H,1-2H3,(H,20,22). The number of thiophene rings is 1. The Hall–Kier alpha value is -2.64. The summed E-state index contributed by atoms with van der Waals surface area (Å²) < 4.78 is 27.2. The smallest absolute Gasteiger partial charge is 0.271 e. The number of hydrogen-bond acceptors (Lipinski definition) is 4. The van der Waals surface area contributed by atoms with Gasteiger partial charge in [-0.2, -0.15) is 0 Å². The maximum Gasteiger partial charge on any atom is 0.271 e. The topological polar surface area (TPSA) is 75.3 Å². The largest absolute Gasteiger partial charge is 0.322 e. The van der Waals surface area contributed by atoms with Crippen LogP contribution in [0.3, 0.4) is 0 Å². The average Bonchev–Trinajstić information content (AvgIpc) is 3.09. The van der Waals surface area contributed by atoms with Gasteiger partial charge < -0.3 is 5.32 Å². The highest BCUT2D eigenvalue weighted by Gasteiger charge is 2.15. The molecular formula is C19H18N2O3S2. The van der Waals surface area contributed by atoms with Crippen LogP contribution in [0.15, 0.2) is 64.2 Å². The molecule has 7 heteroatoms. The van der Waals surface area contributed by atoms with Gasteiger partial charge in [0.25, 0.3) is 15.9 Å². The van der Waals surface area contributed by atoms with Crippen LogP contribution in [0.4, 0.5) is 11.4 Å². The van der Waals surface area contributed by atoms with E-state index < -0.39 is 10.0 Å². The van der Waals surface area contributed by atoms with Crippen LogP contribution in [0.5, 0.6) is 0 Å². The normalized spacial score (nSPS) is 11.2. The molecule has 0 unspecified atom stereocenters. The van der Waals surface area contributed by atoms with Gasteiger partial charge >= 0.3 is 0 Å². The number of anilines is 2. The van der Waals surface area contributed by atoms with Crippen molar-refractivity contribution in [2.75, 3.05) is 10.0 Å². The first-order valence-electron chi connectivity index (χ1n) is 7.89. The van der Waals surface area contributed by atoms with Gasteiger partial charge in [0.1, 0.15) is 4.21 Å². The Balaban J connectivity index is 1.72. The average molecular weight is 386 g/mol. The van der Waals surface area contributed by atoms with Crippen molar-refractivity contribution in [1.82, 2.24) is 0 Å². The Kier molecular flexibility index (Phi) is 5.11. The van der Waals surface area contributed by atoms with E-state index in [4.69, 9.17) is 0 Å². The molecule has 5 nitrogen and oxygen atoms in total. The molecule has 1 amide bonds. The number of carbonyl (C=O) groups is 1. The van der Waals surface area contributed by atoms with Crippen LogP contribution in [-0.2, 0) is 10.0 Å². The number of aryl methyl sites for hydroxylation is 2. The van der Waals surface area contributed by atoms with Crippen molar-refractivity contribution in [1.29, 1.82) is 0 Å². The van der Waals surface area contributed by atoms with Gasteiger partial charge in [0, 0.05) is 16.9 Å². The van der Waals surface area contributed by atoms with E-state index in [-0.39, 0.29) is 10.1 Å². The van der Waals surface area contributed by atoms with Gasteiger partial charge in [-0.25, -0.2) is 8.42 Å². The van der Waals surface area contributed by atoms with Crippen molar-refractivity contribution in [3.8, 4) is 0 Å². The highest BCUT2D eigenvalue weighted by molar-refractivity contribution is 7.94. The van der Waals surface area contributed by atoms with Crippen molar-refractivity contribution >= 4 is 38.6 Å². The molecule has 0 saturated carbocycles. The maximum absolute atomic E-state index is 12.4. The predicted octanol–water partition coefficient (Wildman–Crippen LogP) is 4.42. The summed E-state index contributed by atoms with van der Waals surface area (Å²) in [4.78, 5) is 12.4. The lowest BCUT2D eigenvalue weighted by Crippen LogP contribution is -2.13.